The first-order valence-electron chi connectivity index (χ1n) is 5.46. The molecule has 0 aliphatic carbocycles. The number of pyridine rings is 1. The molecule has 1 aliphatic heterocycles. The average molecular weight is 256 g/mol. The highest BCUT2D eigenvalue weighted by Gasteiger charge is 2.20. The van der Waals surface area contributed by atoms with Gasteiger partial charge in [-0.05, 0) is 12.1 Å². The van der Waals surface area contributed by atoms with E-state index < -0.39 is 5.97 Å². The second-order valence-corrected chi connectivity index (χ2v) is 4.37. The molecule has 1 aromatic heterocycles. The number of halogens is 1. The highest BCUT2D eigenvalue weighted by Crippen LogP contribution is 2.23. The van der Waals surface area contributed by atoms with Crippen molar-refractivity contribution in [2.75, 3.05) is 37.6 Å². The minimum atomic E-state index is -0.783. The summed E-state index contributed by atoms with van der Waals surface area (Å²) in [5.41, 5.74) is 0. The first-order valence-corrected chi connectivity index (χ1v) is 5.84. The van der Waals surface area contributed by atoms with Gasteiger partial charge in [-0.1, -0.05) is 11.6 Å². The van der Waals surface area contributed by atoms with Crippen LogP contribution in [0.4, 0.5) is 5.82 Å². The molecule has 2 heterocycles. The van der Waals surface area contributed by atoms with Crippen LogP contribution in [0, 0.1) is 0 Å². The third kappa shape index (κ3) is 3.08. The van der Waals surface area contributed by atoms with E-state index in [2.05, 4.69) is 9.88 Å². The van der Waals surface area contributed by atoms with Crippen molar-refractivity contribution in [2.24, 2.45) is 0 Å². The molecule has 0 amide bonds. The molecule has 92 valence electrons. The quantitative estimate of drug-likeness (QED) is 0.871. The molecule has 0 bridgehead atoms. The predicted octanol–water partition coefficient (Wildman–Crippen LogP) is 0.942. The topological polar surface area (TPSA) is 56.7 Å². The van der Waals surface area contributed by atoms with E-state index in [0.717, 1.165) is 32.0 Å². The molecule has 1 aromatic rings. The third-order valence-corrected chi connectivity index (χ3v) is 3.06. The van der Waals surface area contributed by atoms with E-state index >= 15 is 0 Å². The van der Waals surface area contributed by atoms with Crippen molar-refractivity contribution in [1.82, 2.24) is 9.88 Å². The molecule has 0 unspecified atom stereocenters. The summed E-state index contributed by atoms with van der Waals surface area (Å²) < 4.78 is 0. The number of nitrogens with zero attached hydrogens (tertiary/aromatic N) is 3. The predicted molar refractivity (Wildman–Crippen MR) is 65.5 cm³/mol. The van der Waals surface area contributed by atoms with Crippen LogP contribution in [0.15, 0.2) is 18.3 Å². The van der Waals surface area contributed by atoms with Crippen molar-refractivity contribution in [3.8, 4) is 0 Å². The molecule has 1 aliphatic rings. The van der Waals surface area contributed by atoms with Gasteiger partial charge in [0.2, 0.25) is 0 Å². The minimum absolute atomic E-state index is 0.101. The number of carbonyl (C=O) groups is 1. The van der Waals surface area contributed by atoms with E-state index in [4.69, 9.17) is 16.7 Å². The number of carboxylic acid groups (broad SMARTS) is 1. The van der Waals surface area contributed by atoms with E-state index in [1.54, 1.807) is 12.3 Å². The molecule has 0 atom stereocenters. The third-order valence-electron chi connectivity index (χ3n) is 2.77. The van der Waals surface area contributed by atoms with Crippen LogP contribution in [0.25, 0.3) is 0 Å². The second kappa shape index (κ2) is 5.33. The van der Waals surface area contributed by atoms with Crippen LogP contribution in [0.3, 0.4) is 0 Å². The number of rotatable bonds is 3. The fraction of sp³-hybridized carbons (Fsp3) is 0.455. The van der Waals surface area contributed by atoms with Crippen LogP contribution in [0.1, 0.15) is 0 Å². The molecular weight excluding hydrogens is 242 g/mol. The number of aliphatic carboxylic acids is 1. The van der Waals surface area contributed by atoms with Crippen LogP contribution in [0.5, 0.6) is 0 Å². The van der Waals surface area contributed by atoms with Gasteiger partial charge in [-0.25, -0.2) is 4.98 Å². The van der Waals surface area contributed by atoms with Crippen LogP contribution in [0.2, 0.25) is 5.02 Å². The number of anilines is 1. The summed E-state index contributed by atoms with van der Waals surface area (Å²) >= 11 is 6.07. The van der Waals surface area contributed by atoms with Crippen molar-refractivity contribution in [3.63, 3.8) is 0 Å². The van der Waals surface area contributed by atoms with Gasteiger partial charge in [-0.2, -0.15) is 0 Å². The fourth-order valence-corrected chi connectivity index (χ4v) is 2.16. The summed E-state index contributed by atoms with van der Waals surface area (Å²) in [5.74, 6) is -0.00143. The van der Waals surface area contributed by atoms with Gasteiger partial charge >= 0.3 is 5.97 Å². The van der Waals surface area contributed by atoms with E-state index in [9.17, 15) is 4.79 Å². The molecule has 5 nitrogen and oxygen atoms in total. The number of hydrogen-bond donors (Lipinski definition) is 1. The molecular formula is C11H14ClN3O2. The Morgan fingerprint density at radius 3 is 2.71 bits per heavy atom. The van der Waals surface area contributed by atoms with Gasteiger partial charge in [0, 0.05) is 32.4 Å². The standard InChI is InChI=1S/C11H14ClN3O2/c12-9-2-1-3-13-11(9)15-6-4-14(5-7-15)8-10(16)17/h1-3H,4-8H2,(H,16,17). The molecule has 2 rings (SSSR count). The molecule has 0 aromatic carbocycles. The van der Waals surface area contributed by atoms with Gasteiger partial charge in [-0.15, -0.1) is 0 Å². The van der Waals surface area contributed by atoms with Crippen molar-refractivity contribution in [2.45, 2.75) is 0 Å². The largest absolute Gasteiger partial charge is 0.480 e. The number of carboxylic acids is 1. The van der Waals surface area contributed by atoms with Gasteiger partial charge in [0.25, 0.3) is 0 Å². The number of hydrogen-bond acceptors (Lipinski definition) is 4. The van der Waals surface area contributed by atoms with Gasteiger partial charge < -0.3 is 10.0 Å². The zero-order valence-electron chi connectivity index (χ0n) is 9.34. The SMILES string of the molecule is O=C(O)CN1CCN(c2ncccc2Cl)CC1. The maximum atomic E-state index is 10.6. The monoisotopic (exact) mass is 255 g/mol. The van der Waals surface area contributed by atoms with Crippen molar-refractivity contribution in [1.29, 1.82) is 0 Å². The Morgan fingerprint density at radius 1 is 1.41 bits per heavy atom. The first kappa shape index (κ1) is 12.1. The van der Waals surface area contributed by atoms with Crippen molar-refractivity contribution >= 4 is 23.4 Å². The molecule has 0 spiro atoms. The fourth-order valence-electron chi connectivity index (χ4n) is 1.92. The Hall–Kier alpha value is -1.33. The number of piperazine rings is 1. The normalized spacial score (nSPS) is 17.1. The summed E-state index contributed by atoms with van der Waals surface area (Å²) in [7, 11) is 0. The van der Waals surface area contributed by atoms with Crippen LogP contribution >= 0.6 is 11.6 Å². The van der Waals surface area contributed by atoms with Crippen LogP contribution in [-0.2, 0) is 4.79 Å². The molecule has 0 saturated carbocycles. The van der Waals surface area contributed by atoms with Crippen LogP contribution in [-0.4, -0.2) is 53.7 Å². The summed E-state index contributed by atoms with van der Waals surface area (Å²) in [4.78, 5) is 18.8. The Balaban J connectivity index is 1.95. The van der Waals surface area contributed by atoms with Gasteiger partial charge in [0.1, 0.15) is 5.82 Å². The Labute approximate surface area is 105 Å². The summed E-state index contributed by atoms with van der Waals surface area (Å²) in [6.45, 7) is 3.05. The lowest BCUT2D eigenvalue weighted by molar-refractivity contribution is -0.138. The molecule has 0 radical (unpaired) electrons. The molecule has 17 heavy (non-hydrogen) atoms. The lowest BCUT2D eigenvalue weighted by atomic mass is 10.3. The second-order valence-electron chi connectivity index (χ2n) is 3.97. The summed E-state index contributed by atoms with van der Waals surface area (Å²) in [6, 6.07) is 3.61. The van der Waals surface area contributed by atoms with Crippen molar-refractivity contribution < 1.29 is 9.90 Å². The molecule has 1 fully saturated rings. The molecule has 1 saturated heterocycles. The highest BCUT2D eigenvalue weighted by molar-refractivity contribution is 6.32. The highest BCUT2D eigenvalue weighted by atomic mass is 35.5. The lowest BCUT2D eigenvalue weighted by Crippen LogP contribution is -2.48. The summed E-state index contributed by atoms with van der Waals surface area (Å²) in [5, 5.41) is 9.34. The van der Waals surface area contributed by atoms with Gasteiger partial charge in [0.15, 0.2) is 0 Å². The minimum Gasteiger partial charge on any atom is -0.480 e. The maximum Gasteiger partial charge on any atom is 0.317 e. The smallest absolute Gasteiger partial charge is 0.317 e. The van der Waals surface area contributed by atoms with Crippen molar-refractivity contribution in [3.05, 3.63) is 23.4 Å². The molecule has 1 N–H and O–H groups in total. The van der Waals surface area contributed by atoms with E-state index in [0.29, 0.717) is 5.02 Å². The Kier molecular flexibility index (Phi) is 3.81. The van der Waals surface area contributed by atoms with E-state index in [-0.39, 0.29) is 6.54 Å². The van der Waals surface area contributed by atoms with E-state index in [1.165, 1.54) is 0 Å². The van der Waals surface area contributed by atoms with E-state index in [1.807, 2.05) is 11.0 Å². The zero-order chi connectivity index (χ0) is 12.3. The Morgan fingerprint density at radius 2 is 2.12 bits per heavy atom. The van der Waals surface area contributed by atoms with Crippen LogP contribution < -0.4 is 4.90 Å². The average Bonchev–Trinajstić information content (AvgIpc) is 2.30. The zero-order valence-corrected chi connectivity index (χ0v) is 10.1. The molecule has 6 heteroatoms. The van der Waals surface area contributed by atoms with Gasteiger partial charge in [0.05, 0.1) is 11.6 Å². The number of aromatic nitrogens is 1. The summed E-state index contributed by atoms with van der Waals surface area (Å²) in [6.07, 6.45) is 1.71. The van der Waals surface area contributed by atoms with Gasteiger partial charge in [-0.3, -0.25) is 9.69 Å². The maximum absolute atomic E-state index is 10.6. The Bertz CT molecular complexity index is 405. The lowest BCUT2D eigenvalue weighted by Gasteiger charge is -2.34. The first-order chi connectivity index (χ1) is 8.16.